The molecular formula is C18H32IN5S. The summed E-state index contributed by atoms with van der Waals surface area (Å²) in [4.78, 5) is 12.9. The van der Waals surface area contributed by atoms with E-state index in [9.17, 15) is 0 Å². The van der Waals surface area contributed by atoms with Gasteiger partial charge in [0, 0.05) is 50.6 Å². The molecule has 0 atom stereocenters. The molecule has 0 aromatic carbocycles. The average molecular weight is 477 g/mol. The molecule has 2 aliphatic rings. The minimum atomic E-state index is 0. The smallest absolute Gasteiger partial charge is 0.191 e. The van der Waals surface area contributed by atoms with Crippen LogP contribution in [0.5, 0.6) is 0 Å². The lowest BCUT2D eigenvalue weighted by atomic mass is 10.3. The predicted molar refractivity (Wildman–Crippen MR) is 117 cm³/mol. The van der Waals surface area contributed by atoms with Gasteiger partial charge >= 0.3 is 0 Å². The number of nitrogens with zero attached hydrogens (tertiary/aromatic N) is 3. The van der Waals surface area contributed by atoms with Crippen LogP contribution in [0.1, 0.15) is 41.3 Å². The van der Waals surface area contributed by atoms with Gasteiger partial charge in [-0.15, -0.1) is 35.3 Å². The highest BCUT2D eigenvalue weighted by atomic mass is 127. The van der Waals surface area contributed by atoms with Crippen LogP contribution >= 0.6 is 35.3 Å². The number of halogens is 1. The number of nitrogens with one attached hydrogen (secondary N) is 2. The molecule has 3 rings (SSSR count). The summed E-state index contributed by atoms with van der Waals surface area (Å²) in [5.74, 6) is 1.88. The zero-order valence-corrected chi connectivity index (χ0v) is 18.8. The number of aryl methyl sites for hydroxylation is 2. The predicted octanol–water partition coefficient (Wildman–Crippen LogP) is 2.96. The summed E-state index contributed by atoms with van der Waals surface area (Å²) in [5.41, 5.74) is 1.16. The summed E-state index contributed by atoms with van der Waals surface area (Å²) in [6.07, 6.45) is 6.62. The number of hydrogen-bond donors (Lipinski definition) is 2. The van der Waals surface area contributed by atoms with Gasteiger partial charge in [-0.05, 0) is 45.4 Å². The molecule has 142 valence electrons. The van der Waals surface area contributed by atoms with Gasteiger partial charge in [-0.1, -0.05) is 0 Å². The Morgan fingerprint density at radius 1 is 1.20 bits per heavy atom. The Balaban J connectivity index is 0.00000225. The fraction of sp³-hybridized carbons (Fsp3) is 0.778. The first kappa shape index (κ1) is 20.9. The Bertz CT molecular complexity index is 546. The van der Waals surface area contributed by atoms with Crippen LogP contribution in [0.4, 0.5) is 0 Å². The molecule has 2 saturated carbocycles. The van der Waals surface area contributed by atoms with Gasteiger partial charge in [0.15, 0.2) is 5.96 Å². The summed E-state index contributed by atoms with van der Waals surface area (Å²) < 4.78 is 0. The fourth-order valence-electron chi connectivity index (χ4n) is 2.97. The molecule has 2 N–H and O–H groups in total. The first-order chi connectivity index (χ1) is 11.7. The molecule has 0 spiro atoms. The van der Waals surface area contributed by atoms with E-state index in [2.05, 4.69) is 39.4 Å². The number of aromatic nitrogens is 1. The molecule has 0 radical (unpaired) electrons. The van der Waals surface area contributed by atoms with Crippen molar-refractivity contribution in [2.24, 2.45) is 10.9 Å². The van der Waals surface area contributed by atoms with Gasteiger partial charge in [-0.2, -0.15) is 0 Å². The summed E-state index contributed by atoms with van der Waals surface area (Å²) in [6.45, 7) is 8.50. The molecule has 2 aliphatic carbocycles. The molecule has 1 aromatic heterocycles. The highest BCUT2D eigenvalue weighted by molar-refractivity contribution is 14.0. The van der Waals surface area contributed by atoms with E-state index >= 15 is 0 Å². The van der Waals surface area contributed by atoms with Crippen LogP contribution in [-0.2, 0) is 6.42 Å². The first-order valence-electron chi connectivity index (χ1n) is 9.27. The molecule has 0 unspecified atom stereocenters. The van der Waals surface area contributed by atoms with E-state index in [0.29, 0.717) is 0 Å². The molecule has 1 heterocycles. The maximum absolute atomic E-state index is 4.59. The Hall–Kier alpha value is -0.410. The van der Waals surface area contributed by atoms with Crippen LogP contribution < -0.4 is 10.6 Å². The Morgan fingerprint density at radius 2 is 1.92 bits per heavy atom. The van der Waals surface area contributed by atoms with Crippen LogP contribution in [0.15, 0.2) is 4.99 Å². The SMILES string of the molecule is CN=C(NCCc1nc(C)c(C)s1)NCCN(CC1CC1)C1CC1.I. The van der Waals surface area contributed by atoms with Gasteiger partial charge in [0.1, 0.15) is 0 Å². The largest absolute Gasteiger partial charge is 0.356 e. The number of hydrogen-bond acceptors (Lipinski definition) is 4. The molecule has 25 heavy (non-hydrogen) atoms. The van der Waals surface area contributed by atoms with E-state index in [1.54, 1.807) is 11.3 Å². The second-order valence-corrected chi connectivity index (χ2v) is 8.38. The molecule has 0 bridgehead atoms. The fourth-order valence-corrected chi connectivity index (χ4v) is 3.90. The minimum absolute atomic E-state index is 0. The lowest BCUT2D eigenvalue weighted by Crippen LogP contribution is -2.43. The highest BCUT2D eigenvalue weighted by Gasteiger charge is 2.33. The lowest BCUT2D eigenvalue weighted by Gasteiger charge is -2.22. The van der Waals surface area contributed by atoms with E-state index < -0.39 is 0 Å². The summed E-state index contributed by atoms with van der Waals surface area (Å²) in [6, 6.07) is 0.860. The third-order valence-corrected chi connectivity index (χ3v) is 6.00. The molecule has 7 heteroatoms. The Kier molecular flexibility index (Phi) is 8.41. The number of aliphatic imine (C=N–C) groups is 1. The van der Waals surface area contributed by atoms with Crippen LogP contribution in [0.3, 0.4) is 0 Å². The van der Waals surface area contributed by atoms with Gasteiger partial charge in [-0.3, -0.25) is 9.89 Å². The Labute approximate surface area is 173 Å². The lowest BCUT2D eigenvalue weighted by molar-refractivity contribution is 0.256. The maximum atomic E-state index is 4.59. The molecule has 1 aromatic rings. The summed E-state index contributed by atoms with van der Waals surface area (Å²) in [7, 11) is 1.84. The van der Waals surface area contributed by atoms with Gasteiger partial charge in [0.2, 0.25) is 0 Å². The van der Waals surface area contributed by atoms with E-state index in [0.717, 1.165) is 49.7 Å². The van der Waals surface area contributed by atoms with E-state index in [-0.39, 0.29) is 24.0 Å². The molecule has 0 aliphatic heterocycles. The van der Waals surface area contributed by atoms with E-state index in [4.69, 9.17) is 0 Å². The maximum Gasteiger partial charge on any atom is 0.191 e. The van der Waals surface area contributed by atoms with Crippen molar-refractivity contribution >= 4 is 41.3 Å². The summed E-state index contributed by atoms with van der Waals surface area (Å²) in [5, 5.41) is 8.07. The van der Waals surface area contributed by atoms with Gasteiger partial charge in [0.05, 0.1) is 10.7 Å². The van der Waals surface area contributed by atoms with Crippen molar-refractivity contribution in [3.05, 3.63) is 15.6 Å². The second kappa shape index (κ2) is 10.1. The highest BCUT2D eigenvalue weighted by Crippen LogP contribution is 2.34. The topological polar surface area (TPSA) is 52.6 Å². The molecular weight excluding hydrogens is 445 g/mol. The van der Waals surface area contributed by atoms with Crippen molar-refractivity contribution in [3.8, 4) is 0 Å². The van der Waals surface area contributed by atoms with Crippen molar-refractivity contribution < 1.29 is 0 Å². The van der Waals surface area contributed by atoms with Crippen LogP contribution in [0.25, 0.3) is 0 Å². The number of guanidine groups is 1. The Morgan fingerprint density at radius 3 is 2.48 bits per heavy atom. The van der Waals surface area contributed by atoms with Crippen molar-refractivity contribution in [1.82, 2.24) is 20.5 Å². The second-order valence-electron chi connectivity index (χ2n) is 7.09. The van der Waals surface area contributed by atoms with E-state index in [1.807, 2.05) is 7.05 Å². The molecule has 2 fully saturated rings. The van der Waals surface area contributed by atoms with Crippen LogP contribution in [0, 0.1) is 19.8 Å². The van der Waals surface area contributed by atoms with Gasteiger partial charge in [-0.25, -0.2) is 4.98 Å². The van der Waals surface area contributed by atoms with Crippen molar-refractivity contribution in [2.75, 3.05) is 33.2 Å². The summed E-state index contributed by atoms with van der Waals surface area (Å²) >= 11 is 1.80. The minimum Gasteiger partial charge on any atom is -0.356 e. The van der Waals surface area contributed by atoms with Gasteiger partial charge in [0.25, 0.3) is 0 Å². The first-order valence-corrected chi connectivity index (χ1v) is 10.1. The standard InChI is InChI=1S/C18H31N5S.HI/c1-13-14(2)24-17(22-13)8-9-20-18(19-3)21-10-11-23(16-6-7-16)12-15-4-5-15;/h15-16H,4-12H2,1-3H3,(H2,19,20,21);1H. The zero-order chi connectivity index (χ0) is 16.9. The van der Waals surface area contributed by atoms with Crippen molar-refractivity contribution in [3.63, 3.8) is 0 Å². The monoisotopic (exact) mass is 477 g/mol. The number of rotatable bonds is 9. The third kappa shape index (κ3) is 7.02. The average Bonchev–Trinajstić information content (AvgIpc) is 3.45. The van der Waals surface area contributed by atoms with Crippen LogP contribution in [-0.4, -0.2) is 55.1 Å². The van der Waals surface area contributed by atoms with Crippen molar-refractivity contribution in [2.45, 2.75) is 52.0 Å². The quantitative estimate of drug-likeness (QED) is 0.326. The zero-order valence-electron chi connectivity index (χ0n) is 15.7. The van der Waals surface area contributed by atoms with E-state index in [1.165, 1.54) is 42.1 Å². The normalized spacial score (nSPS) is 17.5. The van der Waals surface area contributed by atoms with Crippen LogP contribution in [0.2, 0.25) is 0 Å². The number of thiazole rings is 1. The molecule has 5 nitrogen and oxygen atoms in total. The molecule has 0 amide bonds. The molecule has 0 saturated heterocycles. The third-order valence-electron chi connectivity index (χ3n) is 4.87. The van der Waals surface area contributed by atoms with Crippen molar-refractivity contribution in [1.29, 1.82) is 0 Å². The van der Waals surface area contributed by atoms with Gasteiger partial charge < -0.3 is 10.6 Å².